The lowest BCUT2D eigenvalue weighted by Crippen LogP contribution is -2.27. The summed E-state index contributed by atoms with van der Waals surface area (Å²) in [6.07, 6.45) is 5.51. The number of halogens is 1. The molecule has 0 radical (unpaired) electrons. The van der Waals surface area contributed by atoms with Crippen molar-refractivity contribution in [2.75, 3.05) is 0 Å². The van der Waals surface area contributed by atoms with Crippen LogP contribution in [0.4, 0.5) is 0 Å². The maximum atomic E-state index is 3.98. The fraction of sp³-hybridized carbons (Fsp3) is 0.700. The van der Waals surface area contributed by atoms with E-state index in [-0.39, 0.29) is 0 Å². The molecule has 0 aromatic heterocycles. The molecule has 1 atom stereocenters. The Morgan fingerprint density at radius 3 is 1.81 bits per heavy atom. The van der Waals surface area contributed by atoms with Crippen LogP contribution in [0.25, 0.3) is 0 Å². The smallest absolute Gasteiger partial charge is 0.0423 e. The van der Waals surface area contributed by atoms with Crippen LogP contribution in [0.3, 0.4) is 0 Å². The lowest BCUT2D eigenvalue weighted by Gasteiger charge is -2.38. The monoisotopic (exact) mass is 350 g/mol. The standard InChI is InChI=1S/C20H31Br/c1-14(2)15-6-8-16(9-7-15)19(21)17-10-12-18(13-11-17)20(3,4)5/h6-9,14,17-19H,10-13H2,1-5H3. The molecule has 118 valence electrons. The van der Waals surface area contributed by atoms with Gasteiger partial charge in [0.15, 0.2) is 0 Å². The predicted molar refractivity (Wildman–Crippen MR) is 97.1 cm³/mol. The van der Waals surface area contributed by atoms with E-state index in [4.69, 9.17) is 0 Å². The minimum atomic E-state index is 0.478. The van der Waals surface area contributed by atoms with Gasteiger partial charge in [0.2, 0.25) is 0 Å². The number of rotatable bonds is 3. The second kappa shape index (κ2) is 6.86. The maximum absolute atomic E-state index is 3.98. The van der Waals surface area contributed by atoms with Gasteiger partial charge in [0.1, 0.15) is 0 Å². The first-order valence-corrected chi connectivity index (χ1v) is 9.44. The van der Waals surface area contributed by atoms with Gasteiger partial charge >= 0.3 is 0 Å². The van der Waals surface area contributed by atoms with Crippen molar-refractivity contribution in [3.63, 3.8) is 0 Å². The molecule has 1 unspecified atom stereocenters. The molecule has 0 N–H and O–H groups in total. The van der Waals surface area contributed by atoms with Crippen LogP contribution in [0.2, 0.25) is 0 Å². The lowest BCUT2D eigenvalue weighted by molar-refractivity contribution is 0.149. The molecular weight excluding hydrogens is 320 g/mol. The molecule has 1 fully saturated rings. The van der Waals surface area contributed by atoms with Crippen LogP contribution >= 0.6 is 15.9 Å². The quantitative estimate of drug-likeness (QED) is 0.510. The van der Waals surface area contributed by atoms with Crippen molar-refractivity contribution in [1.82, 2.24) is 0 Å². The highest BCUT2D eigenvalue weighted by atomic mass is 79.9. The van der Waals surface area contributed by atoms with Crippen LogP contribution in [0.5, 0.6) is 0 Å². The summed E-state index contributed by atoms with van der Waals surface area (Å²) in [5, 5.41) is 0. The van der Waals surface area contributed by atoms with Crippen molar-refractivity contribution < 1.29 is 0 Å². The summed E-state index contributed by atoms with van der Waals surface area (Å²) >= 11 is 3.98. The Bertz CT molecular complexity index is 430. The largest absolute Gasteiger partial charge is 0.0836 e. The molecule has 21 heavy (non-hydrogen) atoms. The van der Waals surface area contributed by atoms with E-state index in [9.17, 15) is 0 Å². The molecule has 1 aromatic carbocycles. The van der Waals surface area contributed by atoms with E-state index in [0.717, 1.165) is 11.8 Å². The Morgan fingerprint density at radius 1 is 0.905 bits per heavy atom. The highest BCUT2D eigenvalue weighted by Crippen LogP contribution is 2.46. The summed E-state index contributed by atoms with van der Waals surface area (Å²) in [6, 6.07) is 9.25. The summed E-state index contributed by atoms with van der Waals surface area (Å²) in [4.78, 5) is 0.527. The Balaban J connectivity index is 1.97. The van der Waals surface area contributed by atoms with Crippen LogP contribution < -0.4 is 0 Å². The maximum Gasteiger partial charge on any atom is 0.0423 e. The molecule has 1 aliphatic carbocycles. The zero-order valence-electron chi connectivity index (χ0n) is 14.3. The zero-order valence-corrected chi connectivity index (χ0v) is 15.9. The molecule has 0 bridgehead atoms. The number of benzene rings is 1. The molecule has 1 aromatic rings. The summed E-state index contributed by atoms with van der Waals surface area (Å²) in [5.41, 5.74) is 3.37. The van der Waals surface area contributed by atoms with E-state index in [1.54, 1.807) is 0 Å². The van der Waals surface area contributed by atoms with E-state index in [1.165, 1.54) is 36.8 Å². The molecule has 1 aliphatic rings. The molecule has 1 saturated carbocycles. The molecule has 1 heteroatoms. The second-order valence-electron chi connectivity index (χ2n) is 8.20. The second-order valence-corrected chi connectivity index (χ2v) is 9.19. The Labute approximate surface area is 139 Å². The van der Waals surface area contributed by atoms with E-state index < -0.39 is 0 Å². The van der Waals surface area contributed by atoms with Gasteiger partial charge in [-0.05, 0) is 60.0 Å². The highest BCUT2D eigenvalue weighted by molar-refractivity contribution is 9.09. The summed E-state index contributed by atoms with van der Waals surface area (Å²) in [7, 11) is 0. The van der Waals surface area contributed by atoms with E-state index in [1.807, 2.05) is 0 Å². The van der Waals surface area contributed by atoms with Crippen molar-refractivity contribution in [3.8, 4) is 0 Å². The van der Waals surface area contributed by atoms with Crippen LogP contribution in [-0.4, -0.2) is 0 Å². The third-order valence-corrected chi connectivity index (χ3v) is 6.61. The fourth-order valence-electron chi connectivity index (χ4n) is 3.61. The molecule has 0 saturated heterocycles. The predicted octanol–water partition coefficient (Wildman–Crippen LogP) is 7.10. The van der Waals surface area contributed by atoms with E-state index in [0.29, 0.717) is 16.2 Å². The van der Waals surface area contributed by atoms with Gasteiger partial charge in [-0.2, -0.15) is 0 Å². The van der Waals surface area contributed by atoms with Crippen LogP contribution in [-0.2, 0) is 0 Å². The molecule has 0 amide bonds. The van der Waals surface area contributed by atoms with Crippen molar-refractivity contribution in [1.29, 1.82) is 0 Å². The summed E-state index contributed by atoms with van der Waals surface area (Å²) in [6.45, 7) is 11.7. The third-order valence-electron chi connectivity index (χ3n) is 5.33. The number of hydrogen-bond acceptors (Lipinski definition) is 0. The Morgan fingerprint density at radius 2 is 1.38 bits per heavy atom. The minimum Gasteiger partial charge on any atom is -0.0836 e. The van der Waals surface area contributed by atoms with Gasteiger partial charge in [0.05, 0.1) is 0 Å². The van der Waals surface area contributed by atoms with Crippen molar-refractivity contribution in [3.05, 3.63) is 35.4 Å². The first kappa shape index (κ1) is 17.1. The fourth-order valence-corrected chi connectivity index (χ4v) is 4.45. The van der Waals surface area contributed by atoms with Gasteiger partial charge in [-0.25, -0.2) is 0 Å². The molecular formula is C20H31Br. The minimum absolute atomic E-state index is 0.478. The van der Waals surface area contributed by atoms with Crippen molar-refractivity contribution in [2.24, 2.45) is 17.3 Å². The van der Waals surface area contributed by atoms with E-state index >= 15 is 0 Å². The number of hydrogen-bond donors (Lipinski definition) is 0. The van der Waals surface area contributed by atoms with Gasteiger partial charge in [0, 0.05) is 4.83 Å². The first-order valence-electron chi connectivity index (χ1n) is 8.53. The molecule has 0 heterocycles. The molecule has 2 rings (SSSR count). The van der Waals surface area contributed by atoms with Crippen LogP contribution in [0.1, 0.15) is 82.2 Å². The third kappa shape index (κ3) is 4.34. The topological polar surface area (TPSA) is 0 Å². The van der Waals surface area contributed by atoms with E-state index in [2.05, 4.69) is 74.8 Å². The Kier molecular flexibility index (Phi) is 5.57. The normalized spacial score (nSPS) is 25.1. The number of alkyl halides is 1. The van der Waals surface area contributed by atoms with Gasteiger partial charge in [-0.1, -0.05) is 74.8 Å². The molecule has 0 aliphatic heterocycles. The van der Waals surface area contributed by atoms with Gasteiger partial charge in [-0.15, -0.1) is 0 Å². The SMILES string of the molecule is CC(C)c1ccc(C(Br)C2CCC(C(C)(C)C)CC2)cc1. The van der Waals surface area contributed by atoms with Gasteiger partial charge in [0.25, 0.3) is 0 Å². The Hall–Kier alpha value is -0.300. The van der Waals surface area contributed by atoms with Crippen LogP contribution in [0.15, 0.2) is 24.3 Å². The van der Waals surface area contributed by atoms with Crippen molar-refractivity contribution >= 4 is 15.9 Å². The van der Waals surface area contributed by atoms with Gasteiger partial charge in [-0.3, -0.25) is 0 Å². The van der Waals surface area contributed by atoms with Gasteiger partial charge < -0.3 is 0 Å². The first-order chi connectivity index (χ1) is 9.79. The highest BCUT2D eigenvalue weighted by Gasteiger charge is 2.32. The average Bonchev–Trinajstić information content (AvgIpc) is 2.46. The zero-order chi connectivity index (χ0) is 15.6. The van der Waals surface area contributed by atoms with Crippen LogP contribution in [0, 0.1) is 17.3 Å². The summed E-state index contributed by atoms with van der Waals surface area (Å²) < 4.78 is 0. The molecule has 0 nitrogen and oxygen atoms in total. The average molecular weight is 351 g/mol. The van der Waals surface area contributed by atoms with Crippen molar-refractivity contribution in [2.45, 2.75) is 71.0 Å². The summed E-state index contributed by atoms with van der Waals surface area (Å²) in [5.74, 6) is 2.32. The lowest BCUT2D eigenvalue weighted by atomic mass is 9.69. The molecule has 0 spiro atoms.